The molecule has 98 valence electrons. The number of rotatable bonds is 5. The van der Waals surface area contributed by atoms with Gasteiger partial charge >= 0.3 is 0 Å². The molecule has 4 nitrogen and oxygen atoms in total. The lowest BCUT2D eigenvalue weighted by atomic mass is 10.1. The molecule has 1 aromatic heterocycles. The van der Waals surface area contributed by atoms with Gasteiger partial charge in [0.2, 0.25) is 0 Å². The molecule has 0 aliphatic carbocycles. The van der Waals surface area contributed by atoms with E-state index in [1.54, 1.807) is 7.11 Å². The minimum Gasteiger partial charge on any atom is -0.497 e. The molecule has 0 aliphatic heterocycles. The molecule has 0 atom stereocenters. The Morgan fingerprint density at radius 3 is 2.83 bits per heavy atom. The number of hydroxylamine groups is 2. The number of H-pyrrole nitrogens is 1. The van der Waals surface area contributed by atoms with Gasteiger partial charge in [-0.15, -0.1) is 0 Å². The standard InChI is InChI=1S/C14H20N2O2/c1-10(2)16(17)7-6-11-9-15-14-5-4-12(18-3)8-13(11)14/h4-5,8-10,15,17H,6-7H2,1-3H3. The summed E-state index contributed by atoms with van der Waals surface area (Å²) in [5.41, 5.74) is 2.29. The van der Waals surface area contributed by atoms with Crippen LogP contribution < -0.4 is 4.74 Å². The van der Waals surface area contributed by atoms with E-state index >= 15 is 0 Å². The quantitative estimate of drug-likeness (QED) is 0.800. The fourth-order valence-electron chi connectivity index (χ4n) is 1.98. The van der Waals surface area contributed by atoms with Crippen molar-refractivity contribution in [3.05, 3.63) is 30.0 Å². The molecule has 18 heavy (non-hydrogen) atoms. The maximum Gasteiger partial charge on any atom is 0.119 e. The monoisotopic (exact) mass is 248 g/mol. The molecule has 0 unspecified atom stereocenters. The predicted molar refractivity (Wildman–Crippen MR) is 72.2 cm³/mol. The molecule has 0 saturated heterocycles. The minimum absolute atomic E-state index is 0.143. The predicted octanol–water partition coefficient (Wildman–Crippen LogP) is 2.82. The number of methoxy groups -OCH3 is 1. The topological polar surface area (TPSA) is 48.5 Å². The van der Waals surface area contributed by atoms with Crippen molar-refractivity contribution < 1.29 is 9.94 Å². The van der Waals surface area contributed by atoms with Crippen LogP contribution in [-0.4, -0.2) is 35.0 Å². The number of hydrogen-bond acceptors (Lipinski definition) is 3. The molecule has 0 spiro atoms. The summed E-state index contributed by atoms with van der Waals surface area (Å²) >= 11 is 0. The van der Waals surface area contributed by atoms with Crippen molar-refractivity contribution in [2.24, 2.45) is 0 Å². The number of nitrogens with zero attached hydrogens (tertiary/aromatic N) is 1. The van der Waals surface area contributed by atoms with Gasteiger partial charge in [-0.25, -0.2) is 0 Å². The summed E-state index contributed by atoms with van der Waals surface area (Å²) in [6.07, 6.45) is 2.81. The number of aromatic nitrogens is 1. The van der Waals surface area contributed by atoms with Gasteiger partial charge in [0.05, 0.1) is 7.11 Å². The van der Waals surface area contributed by atoms with Gasteiger partial charge < -0.3 is 14.9 Å². The lowest BCUT2D eigenvalue weighted by Crippen LogP contribution is -2.29. The molecule has 1 aromatic carbocycles. The fraction of sp³-hybridized carbons (Fsp3) is 0.429. The van der Waals surface area contributed by atoms with Gasteiger partial charge in [-0.3, -0.25) is 0 Å². The van der Waals surface area contributed by atoms with Crippen LogP contribution in [0.2, 0.25) is 0 Å². The maximum absolute atomic E-state index is 9.70. The molecule has 1 heterocycles. The second kappa shape index (κ2) is 5.42. The fourth-order valence-corrected chi connectivity index (χ4v) is 1.98. The van der Waals surface area contributed by atoms with Crippen LogP contribution in [-0.2, 0) is 6.42 Å². The van der Waals surface area contributed by atoms with Crippen molar-refractivity contribution in [3.63, 3.8) is 0 Å². The zero-order valence-electron chi connectivity index (χ0n) is 11.1. The van der Waals surface area contributed by atoms with E-state index in [4.69, 9.17) is 4.74 Å². The number of hydrogen-bond donors (Lipinski definition) is 2. The van der Waals surface area contributed by atoms with E-state index in [9.17, 15) is 5.21 Å². The Hall–Kier alpha value is -1.52. The molecule has 2 rings (SSSR count). The summed E-state index contributed by atoms with van der Waals surface area (Å²) in [4.78, 5) is 3.24. The highest BCUT2D eigenvalue weighted by Crippen LogP contribution is 2.24. The summed E-state index contributed by atoms with van der Waals surface area (Å²) in [5.74, 6) is 0.855. The number of fused-ring (bicyclic) bond motifs is 1. The number of nitrogens with one attached hydrogen (secondary N) is 1. The van der Waals surface area contributed by atoms with Gasteiger partial charge in [-0.1, -0.05) is 0 Å². The summed E-state index contributed by atoms with van der Waals surface area (Å²) in [7, 11) is 1.67. The Bertz CT molecular complexity index is 519. The van der Waals surface area contributed by atoms with E-state index in [2.05, 4.69) is 4.98 Å². The number of benzene rings is 1. The highest BCUT2D eigenvalue weighted by atomic mass is 16.5. The Labute approximate surface area is 107 Å². The molecule has 0 bridgehead atoms. The van der Waals surface area contributed by atoms with Crippen LogP contribution in [0.25, 0.3) is 10.9 Å². The first-order valence-electron chi connectivity index (χ1n) is 6.21. The van der Waals surface area contributed by atoms with Crippen LogP contribution in [0.15, 0.2) is 24.4 Å². The summed E-state index contributed by atoms with van der Waals surface area (Å²) in [6.45, 7) is 4.57. The molecule has 4 heteroatoms. The van der Waals surface area contributed by atoms with E-state index in [1.165, 1.54) is 10.6 Å². The smallest absolute Gasteiger partial charge is 0.119 e. The highest BCUT2D eigenvalue weighted by Gasteiger charge is 2.09. The van der Waals surface area contributed by atoms with Crippen molar-refractivity contribution in [2.75, 3.05) is 13.7 Å². The molecule has 0 saturated carbocycles. The minimum atomic E-state index is 0.143. The molecule has 0 fully saturated rings. The van der Waals surface area contributed by atoms with Crippen LogP contribution in [0.5, 0.6) is 5.75 Å². The SMILES string of the molecule is COc1ccc2[nH]cc(CCN(O)C(C)C)c2c1. The first-order valence-corrected chi connectivity index (χ1v) is 6.21. The molecule has 0 amide bonds. The number of ether oxygens (including phenoxy) is 1. The molecular formula is C14H20N2O2. The largest absolute Gasteiger partial charge is 0.497 e. The van der Waals surface area contributed by atoms with Crippen molar-refractivity contribution in [1.82, 2.24) is 10.0 Å². The van der Waals surface area contributed by atoms with Gasteiger partial charge in [0.1, 0.15) is 5.75 Å². The van der Waals surface area contributed by atoms with E-state index in [1.807, 2.05) is 38.2 Å². The summed E-state index contributed by atoms with van der Waals surface area (Å²) in [6, 6.07) is 6.12. The Balaban J connectivity index is 2.18. The molecule has 2 N–H and O–H groups in total. The van der Waals surface area contributed by atoms with Crippen molar-refractivity contribution in [1.29, 1.82) is 0 Å². The Kier molecular flexibility index (Phi) is 3.89. The van der Waals surface area contributed by atoms with Gasteiger partial charge in [0.15, 0.2) is 0 Å². The van der Waals surface area contributed by atoms with Crippen LogP contribution in [0.3, 0.4) is 0 Å². The zero-order valence-corrected chi connectivity index (χ0v) is 11.1. The first kappa shape index (κ1) is 12.9. The summed E-state index contributed by atoms with van der Waals surface area (Å²) in [5, 5.41) is 12.2. The third-order valence-electron chi connectivity index (χ3n) is 3.18. The second-order valence-corrected chi connectivity index (χ2v) is 4.73. The second-order valence-electron chi connectivity index (χ2n) is 4.73. The van der Waals surface area contributed by atoms with Crippen LogP contribution in [0, 0.1) is 0 Å². The molecular weight excluding hydrogens is 228 g/mol. The van der Waals surface area contributed by atoms with Crippen LogP contribution >= 0.6 is 0 Å². The third kappa shape index (κ3) is 2.66. The molecule has 0 radical (unpaired) electrons. The Morgan fingerprint density at radius 2 is 2.17 bits per heavy atom. The van der Waals surface area contributed by atoms with Crippen molar-refractivity contribution >= 4 is 10.9 Å². The lowest BCUT2D eigenvalue weighted by molar-refractivity contribution is -0.115. The normalized spacial score (nSPS) is 11.7. The summed E-state index contributed by atoms with van der Waals surface area (Å²) < 4.78 is 5.24. The molecule has 0 aliphatic rings. The van der Waals surface area contributed by atoms with Crippen molar-refractivity contribution in [2.45, 2.75) is 26.3 Å². The first-order chi connectivity index (χ1) is 8.61. The van der Waals surface area contributed by atoms with Gasteiger partial charge in [-0.2, -0.15) is 5.06 Å². The average Bonchev–Trinajstić information content (AvgIpc) is 2.77. The van der Waals surface area contributed by atoms with Crippen LogP contribution in [0.1, 0.15) is 19.4 Å². The van der Waals surface area contributed by atoms with Crippen LogP contribution in [0.4, 0.5) is 0 Å². The third-order valence-corrected chi connectivity index (χ3v) is 3.18. The van der Waals surface area contributed by atoms with E-state index < -0.39 is 0 Å². The zero-order chi connectivity index (χ0) is 13.1. The molecule has 2 aromatic rings. The van der Waals surface area contributed by atoms with E-state index in [0.717, 1.165) is 23.1 Å². The van der Waals surface area contributed by atoms with E-state index in [-0.39, 0.29) is 6.04 Å². The van der Waals surface area contributed by atoms with Gasteiger partial charge in [0.25, 0.3) is 0 Å². The average molecular weight is 248 g/mol. The van der Waals surface area contributed by atoms with Crippen molar-refractivity contribution in [3.8, 4) is 5.75 Å². The van der Waals surface area contributed by atoms with Gasteiger partial charge in [0, 0.05) is 29.7 Å². The number of aromatic amines is 1. The van der Waals surface area contributed by atoms with Gasteiger partial charge in [-0.05, 0) is 44.0 Å². The lowest BCUT2D eigenvalue weighted by Gasteiger charge is -2.18. The Morgan fingerprint density at radius 1 is 1.39 bits per heavy atom. The maximum atomic E-state index is 9.70. The van der Waals surface area contributed by atoms with E-state index in [0.29, 0.717) is 6.54 Å². The highest BCUT2D eigenvalue weighted by molar-refractivity contribution is 5.84.